The third-order valence-corrected chi connectivity index (χ3v) is 2.57. The molecule has 0 spiro atoms. The monoisotopic (exact) mass is 297 g/mol. The number of halogens is 5. The van der Waals surface area contributed by atoms with E-state index in [0.717, 1.165) is 12.1 Å². The molecule has 112 valence electrons. The number of hydrogen-bond acceptors (Lipinski definition) is 2. The molecule has 0 aliphatic heterocycles. The van der Waals surface area contributed by atoms with Crippen LogP contribution in [0.2, 0.25) is 0 Å². The van der Waals surface area contributed by atoms with Crippen LogP contribution >= 0.6 is 0 Å². The van der Waals surface area contributed by atoms with Gasteiger partial charge in [0.25, 0.3) is 0 Å². The molecule has 3 nitrogen and oxygen atoms in total. The van der Waals surface area contributed by atoms with Gasteiger partial charge < -0.3 is 10.0 Å². The van der Waals surface area contributed by atoms with E-state index in [0.29, 0.717) is 4.90 Å². The molecule has 1 N–H and O–H groups in total. The molecule has 8 heteroatoms. The highest BCUT2D eigenvalue weighted by molar-refractivity contribution is 5.88. The van der Waals surface area contributed by atoms with E-state index >= 15 is 0 Å². The molecule has 0 atom stereocenters. The number of nitrogens with zero attached hydrogens (tertiary/aromatic N) is 1. The van der Waals surface area contributed by atoms with E-state index in [-0.39, 0.29) is 0 Å². The van der Waals surface area contributed by atoms with Crippen LogP contribution in [0.1, 0.15) is 24.2 Å². The van der Waals surface area contributed by atoms with Crippen LogP contribution in [0.3, 0.4) is 0 Å². The number of hydrogen-bond donors (Lipinski definition) is 1. The number of carboxylic acid groups (broad SMARTS) is 1. The standard InChI is InChI=1S/C12H12F5NO2/c1-6(2)18(5-12(15,16)17)8-4-3-7(11(19)20)9(13)10(8)14/h3-4,6H,5H2,1-2H3,(H,19,20). The van der Waals surface area contributed by atoms with Gasteiger partial charge in [-0.3, -0.25) is 0 Å². The van der Waals surface area contributed by atoms with Crippen LogP contribution in [0.4, 0.5) is 27.6 Å². The Balaban J connectivity index is 3.29. The molecule has 0 radical (unpaired) electrons. The molecule has 20 heavy (non-hydrogen) atoms. The summed E-state index contributed by atoms with van der Waals surface area (Å²) in [6.45, 7) is 1.30. The molecule has 0 saturated carbocycles. The van der Waals surface area contributed by atoms with E-state index in [1.54, 1.807) is 0 Å². The van der Waals surface area contributed by atoms with Crippen LogP contribution in [-0.2, 0) is 0 Å². The number of anilines is 1. The quantitative estimate of drug-likeness (QED) is 0.865. The van der Waals surface area contributed by atoms with Gasteiger partial charge in [0.05, 0.1) is 11.3 Å². The first-order chi connectivity index (χ1) is 9.04. The number of carbonyl (C=O) groups is 1. The minimum Gasteiger partial charge on any atom is -0.478 e. The average molecular weight is 297 g/mol. The summed E-state index contributed by atoms with van der Waals surface area (Å²) in [5.74, 6) is -4.98. The third kappa shape index (κ3) is 3.58. The number of benzene rings is 1. The Bertz CT molecular complexity index is 513. The van der Waals surface area contributed by atoms with Crippen LogP contribution in [-0.4, -0.2) is 29.8 Å². The molecule has 0 unspecified atom stereocenters. The molecule has 1 aromatic carbocycles. The van der Waals surface area contributed by atoms with Gasteiger partial charge >= 0.3 is 12.1 Å². The van der Waals surface area contributed by atoms with Gasteiger partial charge in [-0.05, 0) is 26.0 Å². The Labute approximate surface area is 111 Å². The second-order valence-corrected chi connectivity index (χ2v) is 4.40. The minimum absolute atomic E-state index is 0.615. The van der Waals surface area contributed by atoms with Crippen molar-refractivity contribution in [2.24, 2.45) is 0 Å². The first kappa shape index (κ1) is 16.2. The zero-order chi connectivity index (χ0) is 15.7. The van der Waals surface area contributed by atoms with Gasteiger partial charge in [0.15, 0.2) is 11.6 Å². The molecule has 0 aromatic heterocycles. The molecule has 1 rings (SSSR count). The van der Waals surface area contributed by atoms with Crippen LogP contribution in [0.15, 0.2) is 12.1 Å². The Hall–Kier alpha value is -1.86. The van der Waals surface area contributed by atoms with Gasteiger partial charge in [0.2, 0.25) is 0 Å². The van der Waals surface area contributed by atoms with Gasteiger partial charge in [0.1, 0.15) is 6.54 Å². The fourth-order valence-corrected chi connectivity index (χ4v) is 1.67. The Morgan fingerprint density at radius 2 is 1.80 bits per heavy atom. The fourth-order valence-electron chi connectivity index (χ4n) is 1.67. The second-order valence-electron chi connectivity index (χ2n) is 4.40. The molecule has 0 aliphatic rings. The van der Waals surface area contributed by atoms with Crippen LogP contribution in [0.5, 0.6) is 0 Å². The molecule has 0 fully saturated rings. The predicted molar refractivity (Wildman–Crippen MR) is 61.9 cm³/mol. The number of carboxylic acids is 1. The van der Waals surface area contributed by atoms with Crippen molar-refractivity contribution in [3.63, 3.8) is 0 Å². The Kier molecular flexibility index (Phi) is 4.57. The maximum absolute atomic E-state index is 13.8. The molecule has 0 heterocycles. The first-order valence-electron chi connectivity index (χ1n) is 5.59. The summed E-state index contributed by atoms with van der Waals surface area (Å²) in [6, 6.07) is 0.816. The summed E-state index contributed by atoms with van der Waals surface area (Å²) < 4.78 is 64.6. The lowest BCUT2D eigenvalue weighted by Crippen LogP contribution is -2.39. The van der Waals surface area contributed by atoms with Crippen molar-refractivity contribution in [1.29, 1.82) is 0 Å². The van der Waals surface area contributed by atoms with E-state index in [1.807, 2.05) is 0 Å². The Morgan fingerprint density at radius 3 is 2.20 bits per heavy atom. The lowest BCUT2D eigenvalue weighted by atomic mass is 10.1. The SMILES string of the molecule is CC(C)N(CC(F)(F)F)c1ccc(C(=O)O)c(F)c1F. The molecule has 0 bridgehead atoms. The van der Waals surface area contributed by atoms with E-state index < -0.39 is 47.6 Å². The van der Waals surface area contributed by atoms with Crippen molar-refractivity contribution in [2.45, 2.75) is 26.1 Å². The summed E-state index contributed by atoms with van der Waals surface area (Å²) in [6.07, 6.45) is -4.60. The van der Waals surface area contributed by atoms with Gasteiger partial charge in [-0.2, -0.15) is 13.2 Å². The highest BCUT2D eigenvalue weighted by Crippen LogP contribution is 2.29. The highest BCUT2D eigenvalue weighted by Gasteiger charge is 2.34. The number of aromatic carboxylic acids is 1. The van der Waals surface area contributed by atoms with Crippen LogP contribution in [0, 0.1) is 11.6 Å². The van der Waals surface area contributed by atoms with Crippen LogP contribution in [0.25, 0.3) is 0 Å². The smallest absolute Gasteiger partial charge is 0.405 e. The van der Waals surface area contributed by atoms with Crippen molar-refractivity contribution >= 4 is 11.7 Å². The largest absolute Gasteiger partial charge is 0.478 e. The first-order valence-corrected chi connectivity index (χ1v) is 5.59. The minimum atomic E-state index is -4.60. The van der Waals surface area contributed by atoms with E-state index in [2.05, 4.69) is 0 Å². The lowest BCUT2D eigenvalue weighted by molar-refractivity contribution is -0.120. The van der Waals surface area contributed by atoms with Gasteiger partial charge in [-0.1, -0.05) is 0 Å². The fraction of sp³-hybridized carbons (Fsp3) is 0.417. The lowest BCUT2D eigenvalue weighted by Gasteiger charge is -2.30. The zero-order valence-electron chi connectivity index (χ0n) is 10.6. The maximum Gasteiger partial charge on any atom is 0.405 e. The third-order valence-electron chi connectivity index (χ3n) is 2.57. The molecule has 0 aliphatic carbocycles. The Morgan fingerprint density at radius 1 is 1.25 bits per heavy atom. The van der Waals surface area contributed by atoms with Crippen LogP contribution < -0.4 is 4.90 Å². The molecule has 0 amide bonds. The van der Waals surface area contributed by atoms with Gasteiger partial charge in [-0.15, -0.1) is 0 Å². The molecular weight excluding hydrogens is 285 g/mol. The van der Waals surface area contributed by atoms with Crippen molar-refractivity contribution in [3.05, 3.63) is 29.3 Å². The topological polar surface area (TPSA) is 40.5 Å². The normalized spacial score (nSPS) is 11.8. The highest BCUT2D eigenvalue weighted by atomic mass is 19.4. The number of rotatable bonds is 4. The van der Waals surface area contributed by atoms with E-state index in [4.69, 9.17) is 5.11 Å². The number of alkyl halides is 3. The summed E-state index contributed by atoms with van der Waals surface area (Å²) in [7, 11) is 0. The molecule has 1 aromatic rings. The van der Waals surface area contributed by atoms with Crippen molar-refractivity contribution in [2.75, 3.05) is 11.4 Å². The summed E-state index contributed by atoms with van der Waals surface area (Å²) >= 11 is 0. The van der Waals surface area contributed by atoms with Gasteiger partial charge in [-0.25, -0.2) is 13.6 Å². The zero-order valence-corrected chi connectivity index (χ0v) is 10.6. The molecular formula is C12H12F5NO2. The summed E-state index contributed by atoms with van der Waals surface area (Å²) in [5, 5.41) is 8.61. The van der Waals surface area contributed by atoms with E-state index in [9.17, 15) is 26.7 Å². The van der Waals surface area contributed by atoms with Crippen molar-refractivity contribution < 1.29 is 31.9 Å². The molecule has 0 saturated heterocycles. The predicted octanol–water partition coefficient (Wildman–Crippen LogP) is 3.44. The summed E-state index contributed by atoms with van der Waals surface area (Å²) in [5.41, 5.74) is -1.55. The van der Waals surface area contributed by atoms with E-state index in [1.165, 1.54) is 13.8 Å². The second kappa shape index (κ2) is 5.64. The average Bonchev–Trinajstić information content (AvgIpc) is 2.28. The van der Waals surface area contributed by atoms with Crippen molar-refractivity contribution in [1.82, 2.24) is 0 Å². The van der Waals surface area contributed by atoms with Gasteiger partial charge in [0, 0.05) is 6.04 Å². The summed E-state index contributed by atoms with van der Waals surface area (Å²) in [4.78, 5) is 11.2. The van der Waals surface area contributed by atoms with Crippen molar-refractivity contribution in [3.8, 4) is 0 Å². The maximum atomic E-state index is 13.8.